The summed E-state index contributed by atoms with van der Waals surface area (Å²) in [5.74, 6) is -0.242. The first-order valence-electron chi connectivity index (χ1n) is 5.56. The number of anilines is 1. The first-order valence-corrected chi connectivity index (χ1v) is 6.87. The minimum atomic E-state index is -1.24. The Morgan fingerprint density at radius 3 is 2.61 bits per heavy atom. The minimum absolute atomic E-state index is 0.164. The van der Waals surface area contributed by atoms with Gasteiger partial charge in [-0.25, -0.2) is 4.39 Å². The SMILES string of the molecule is Cc1ccccc1S(=O)Cc1ccc(N)cc1F. The standard InChI is InChI=1S/C14H14FNOS/c1-10-4-2-3-5-14(10)18(17)9-11-6-7-12(16)8-13(11)15/h2-8H,9,16H2,1H3. The van der Waals surface area contributed by atoms with Crippen LogP contribution in [-0.2, 0) is 16.6 Å². The van der Waals surface area contributed by atoms with E-state index in [9.17, 15) is 8.60 Å². The van der Waals surface area contributed by atoms with Crippen LogP contribution in [0.4, 0.5) is 10.1 Å². The van der Waals surface area contributed by atoms with Gasteiger partial charge in [-0.05, 0) is 30.7 Å². The number of nitrogens with two attached hydrogens (primary N) is 1. The largest absolute Gasteiger partial charge is 0.399 e. The lowest BCUT2D eigenvalue weighted by Gasteiger charge is -2.07. The average molecular weight is 263 g/mol. The summed E-state index contributed by atoms with van der Waals surface area (Å²) in [5, 5.41) is 0. The van der Waals surface area contributed by atoms with Gasteiger partial charge in [-0.2, -0.15) is 0 Å². The first-order chi connectivity index (χ1) is 8.58. The molecule has 2 nitrogen and oxygen atoms in total. The normalized spacial score (nSPS) is 12.3. The summed E-state index contributed by atoms with van der Waals surface area (Å²) in [7, 11) is -1.24. The van der Waals surface area contributed by atoms with Gasteiger partial charge in [0.1, 0.15) is 5.82 Å². The Balaban J connectivity index is 2.24. The number of halogens is 1. The van der Waals surface area contributed by atoms with Crippen LogP contribution in [0.15, 0.2) is 47.4 Å². The molecule has 0 saturated carbocycles. The summed E-state index contributed by atoms with van der Waals surface area (Å²) in [4.78, 5) is 0.744. The van der Waals surface area contributed by atoms with E-state index < -0.39 is 16.6 Å². The molecule has 0 aliphatic rings. The Labute approximate surface area is 108 Å². The predicted molar refractivity (Wildman–Crippen MR) is 72.1 cm³/mol. The van der Waals surface area contributed by atoms with Crippen LogP contribution in [0.25, 0.3) is 0 Å². The second-order valence-electron chi connectivity index (χ2n) is 4.11. The van der Waals surface area contributed by atoms with Crippen molar-refractivity contribution in [3.8, 4) is 0 Å². The number of hydrogen-bond donors (Lipinski definition) is 1. The minimum Gasteiger partial charge on any atom is -0.399 e. The Hall–Kier alpha value is -1.68. The number of aryl methyl sites for hydroxylation is 1. The zero-order valence-electron chi connectivity index (χ0n) is 10.0. The van der Waals surface area contributed by atoms with Gasteiger partial charge in [0.15, 0.2) is 0 Å². The second kappa shape index (κ2) is 5.31. The molecule has 2 aromatic rings. The fraction of sp³-hybridized carbons (Fsp3) is 0.143. The van der Waals surface area contributed by atoms with E-state index in [4.69, 9.17) is 5.73 Å². The van der Waals surface area contributed by atoms with E-state index >= 15 is 0 Å². The van der Waals surface area contributed by atoms with Gasteiger partial charge in [0, 0.05) is 16.1 Å². The maximum Gasteiger partial charge on any atom is 0.129 e. The number of nitrogen functional groups attached to an aromatic ring is 1. The fourth-order valence-electron chi connectivity index (χ4n) is 1.71. The van der Waals surface area contributed by atoms with Gasteiger partial charge in [0.2, 0.25) is 0 Å². The molecule has 0 heterocycles. The topological polar surface area (TPSA) is 43.1 Å². The predicted octanol–water partition coefficient (Wildman–Crippen LogP) is 3.02. The molecule has 1 atom stereocenters. The monoisotopic (exact) mass is 263 g/mol. The van der Waals surface area contributed by atoms with Gasteiger partial charge in [-0.1, -0.05) is 24.3 Å². The second-order valence-corrected chi connectivity index (χ2v) is 5.53. The van der Waals surface area contributed by atoms with E-state index in [2.05, 4.69) is 0 Å². The van der Waals surface area contributed by atoms with Crippen LogP contribution in [-0.4, -0.2) is 4.21 Å². The molecule has 1 unspecified atom stereocenters. The van der Waals surface area contributed by atoms with E-state index in [-0.39, 0.29) is 5.75 Å². The van der Waals surface area contributed by atoms with E-state index in [0.29, 0.717) is 11.3 Å². The van der Waals surface area contributed by atoms with E-state index in [0.717, 1.165) is 10.5 Å². The Kier molecular flexibility index (Phi) is 3.77. The highest BCUT2D eigenvalue weighted by Gasteiger charge is 2.10. The van der Waals surface area contributed by atoms with E-state index in [1.54, 1.807) is 18.2 Å². The molecule has 0 amide bonds. The van der Waals surface area contributed by atoms with Crippen molar-refractivity contribution in [3.63, 3.8) is 0 Å². The molecule has 0 saturated heterocycles. The van der Waals surface area contributed by atoms with Gasteiger partial charge >= 0.3 is 0 Å². The fourth-order valence-corrected chi connectivity index (χ4v) is 3.04. The third-order valence-corrected chi connectivity index (χ3v) is 4.22. The zero-order valence-corrected chi connectivity index (χ0v) is 10.8. The molecule has 0 bridgehead atoms. The summed E-state index contributed by atoms with van der Waals surface area (Å²) in [6, 6.07) is 11.9. The lowest BCUT2D eigenvalue weighted by Crippen LogP contribution is -2.01. The van der Waals surface area contributed by atoms with Crippen molar-refractivity contribution < 1.29 is 8.60 Å². The summed E-state index contributed by atoms with van der Waals surface area (Å²) in [6.45, 7) is 1.90. The van der Waals surface area contributed by atoms with Crippen LogP contribution < -0.4 is 5.73 Å². The van der Waals surface area contributed by atoms with Crippen LogP contribution in [0.5, 0.6) is 0 Å². The summed E-state index contributed by atoms with van der Waals surface area (Å²) in [5.41, 5.74) is 7.22. The van der Waals surface area contributed by atoms with Crippen molar-refractivity contribution >= 4 is 16.5 Å². The molecule has 2 aromatic carbocycles. The molecule has 0 aliphatic carbocycles. The van der Waals surface area contributed by atoms with Crippen molar-refractivity contribution in [2.24, 2.45) is 0 Å². The van der Waals surface area contributed by atoms with Crippen molar-refractivity contribution in [3.05, 3.63) is 59.4 Å². The maximum atomic E-state index is 13.6. The maximum absolute atomic E-state index is 13.6. The molecule has 18 heavy (non-hydrogen) atoms. The van der Waals surface area contributed by atoms with Gasteiger partial charge in [0.25, 0.3) is 0 Å². The van der Waals surface area contributed by atoms with Crippen LogP contribution in [0.3, 0.4) is 0 Å². The Bertz CT molecular complexity index is 598. The van der Waals surface area contributed by atoms with Crippen molar-refractivity contribution in [2.45, 2.75) is 17.6 Å². The smallest absolute Gasteiger partial charge is 0.129 e. The highest BCUT2D eigenvalue weighted by atomic mass is 32.2. The first kappa shape index (κ1) is 12.8. The zero-order chi connectivity index (χ0) is 13.1. The quantitative estimate of drug-likeness (QED) is 0.865. The van der Waals surface area contributed by atoms with Crippen LogP contribution in [0.2, 0.25) is 0 Å². The average Bonchev–Trinajstić information content (AvgIpc) is 2.33. The summed E-state index contributed by atoms with van der Waals surface area (Å²) >= 11 is 0. The molecule has 0 radical (unpaired) electrons. The summed E-state index contributed by atoms with van der Waals surface area (Å²) < 4.78 is 25.8. The van der Waals surface area contributed by atoms with Crippen molar-refractivity contribution in [2.75, 3.05) is 5.73 Å². The van der Waals surface area contributed by atoms with Crippen LogP contribution >= 0.6 is 0 Å². The molecule has 94 valence electrons. The number of hydrogen-bond acceptors (Lipinski definition) is 2. The van der Waals surface area contributed by atoms with Gasteiger partial charge in [-0.3, -0.25) is 4.21 Å². The third kappa shape index (κ3) is 2.76. The molecule has 0 aliphatic heterocycles. The highest BCUT2D eigenvalue weighted by Crippen LogP contribution is 2.19. The summed E-state index contributed by atoms with van der Waals surface area (Å²) in [6.07, 6.45) is 0. The van der Waals surface area contributed by atoms with Gasteiger partial charge in [0.05, 0.1) is 16.6 Å². The highest BCUT2D eigenvalue weighted by molar-refractivity contribution is 7.84. The van der Waals surface area contributed by atoms with Crippen LogP contribution in [0, 0.1) is 12.7 Å². The molecule has 2 rings (SSSR count). The Morgan fingerprint density at radius 2 is 1.94 bits per heavy atom. The van der Waals surface area contributed by atoms with Gasteiger partial charge < -0.3 is 5.73 Å². The molecule has 0 aromatic heterocycles. The van der Waals surface area contributed by atoms with Crippen molar-refractivity contribution in [1.29, 1.82) is 0 Å². The number of rotatable bonds is 3. The third-order valence-electron chi connectivity index (χ3n) is 2.70. The molecular weight excluding hydrogens is 249 g/mol. The molecule has 2 N–H and O–H groups in total. The molecular formula is C14H14FNOS. The van der Waals surface area contributed by atoms with Crippen LogP contribution in [0.1, 0.15) is 11.1 Å². The number of benzene rings is 2. The molecule has 0 spiro atoms. The van der Waals surface area contributed by atoms with E-state index in [1.165, 1.54) is 6.07 Å². The Morgan fingerprint density at radius 1 is 1.22 bits per heavy atom. The molecule has 0 fully saturated rings. The van der Waals surface area contributed by atoms with Crippen molar-refractivity contribution in [1.82, 2.24) is 0 Å². The lowest BCUT2D eigenvalue weighted by atomic mass is 10.2. The lowest BCUT2D eigenvalue weighted by molar-refractivity contribution is 0.616. The molecule has 4 heteroatoms. The van der Waals surface area contributed by atoms with Gasteiger partial charge in [-0.15, -0.1) is 0 Å². The van der Waals surface area contributed by atoms with E-state index in [1.807, 2.05) is 25.1 Å².